The summed E-state index contributed by atoms with van der Waals surface area (Å²) in [6.45, 7) is 1.72. The van der Waals surface area contributed by atoms with Crippen LogP contribution in [-0.4, -0.2) is 21.8 Å². The summed E-state index contributed by atoms with van der Waals surface area (Å²) < 4.78 is 52.2. The topological polar surface area (TPSA) is 84.0 Å². The van der Waals surface area contributed by atoms with Crippen LogP contribution in [0, 0.1) is 12.7 Å². The Morgan fingerprint density at radius 2 is 1.72 bits per heavy atom. The first-order valence-electron chi connectivity index (χ1n) is 9.16. The highest BCUT2D eigenvalue weighted by atomic mass is 19.4. The largest absolute Gasteiger partial charge is 0.416 e. The first-order valence-corrected chi connectivity index (χ1v) is 9.16. The van der Waals surface area contributed by atoms with Crippen molar-refractivity contribution in [1.82, 2.24) is 9.97 Å². The molecule has 1 aromatic heterocycles. The zero-order valence-corrected chi connectivity index (χ0v) is 16.6. The molecular formula is C22H16F4N4O2. The van der Waals surface area contributed by atoms with Crippen LogP contribution in [0.2, 0.25) is 0 Å². The van der Waals surface area contributed by atoms with Crippen molar-refractivity contribution >= 4 is 29.3 Å². The first-order chi connectivity index (χ1) is 15.1. The average Bonchev–Trinajstić information content (AvgIpc) is 2.74. The van der Waals surface area contributed by atoms with Gasteiger partial charge >= 0.3 is 6.18 Å². The van der Waals surface area contributed by atoms with Gasteiger partial charge in [0.15, 0.2) is 0 Å². The third-order valence-corrected chi connectivity index (χ3v) is 4.25. The van der Waals surface area contributed by atoms with Gasteiger partial charge in [-0.25, -0.2) is 14.4 Å². The van der Waals surface area contributed by atoms with Crippen molar-refractivity contribution in [2.24, 2.45) is 0 Å². The van der Waals surface area contributed by atoms with Crippen LogP contribution in [0.4, 0.5) is 28.9 Å². The fourth-order valence-corrected chi connectivity index (χ4v) is 2.67. The molecule has 0 radical (unpaired) electrons. The lowest BCUT2D eigenvalue weighted by Gasteiger charge is -2.12. The number of aryl methyl sites for hydroxylation is 1. The predicted molar refractivity (Wildman–Crippen MR) is 110 cm³/mol. The van der Waals surface area contributed by atoms with E-state index in [2.05, 4.69) is 20.6 Å². The van der Waals surface area contributed by atoms with E-state index in [-0.39, 0.29) is 5.69 Å². The summed E-state index contributed by atoms with van der Waals surface area (Å²) in [6.07, 6.45) is 2.39. The van der Waals surface area contributed by atoms with E-state index in [0.29, 0.717) is 35.0 Å². The fraction of sp³-hybridized carbons (Fsp3) is 0.0909. The maximum atomic E-state index is 13.6. The summed E-state index contributed by atoms with van der Waals surface area (Å²) >= 11 is 0. The van der Waals surface area contributed by atoms with E-state index in [9.17, 15) is 27.2 Å². The van der Waals surface area contributed by atoms with Gasteiger partial charge in [0.05, 0.1) is 5.56 Å². The van der Waals surface area contributed by atoms with Crippen LogP contribution >= 0.6 is 0 Å². The number of benzene rings is 2. The summed E-state index contributed by atoms with van der Waals surface area (Å²) in [5, 5.41) is 5.05. The van der Waals surface area contributed by atoms with Crippen molar-refractivity contribution in [1.29, 1.82) is 0 Å². The first kappa shape index (κ1) is 22.6. The van der Waals surface area contributed by atoms with Crippen LogP contribution in [0.1, 0.15) is 27.0 Å². The number of carbonyl (C=O) groups excluding carboxylic acids is 2. The molecule has 1 heterocycles. The van der Waals surface area contributed by atoms with E-state index in [1.54, 1.807) is 13.0 Å². The quantitative estimate of drug-likeness (QED) is 0.436. The minimum absolute atomic E-state index is 0.203. The van der Waals surface area contributed by atoms with Gasteiger partial charge in [0.25, 0.3) is 5.91 Å². The highest BCUT2D eigenvalue weighted by Crippen LogP contribution is 2.30. The number of hydrogen-bond acceptors (Lipinski definition) is 4. The van der Waals surface area contributed by atoms with Gasteiger partial charge in [-0.15, -0.1) is 0 Å². The monoisotopic (exact) mass is 444 g/mol. The van der Waals surface area contributed by atoms with Crippen LogP contribution in [0.25, 0.3) is 6.08 Å². The highest BCUT2D eigenvalue weighted by Gasteiger charge is 2.32. The van der Waals surface area contributed by atoms with Gasteiger partial charge in [-0.05, 0) is 48.9 Å². The third kappa shape index (κ3) is 5.97. The second-order valence-electron chi connectivity index (χ2n) is 6.70. The number of nitrogens with zero attached hydrogens (tertiary/aromatic N) is 2. The SMILES string of the molecule is Cc1ccc(NC(=O)c2cc(F)cc(C(F)(F)F)c2)cc1NC(=O)C=Cc1cncnc1. The number of anilines is 2. The summed E-state index contributed by atoms with van der Waals surface area (Å²) in [5.41, 5.74) is 0.115. The molecule has 0 saturated heterocycles. The number of rotatable bonds is 5. The molecule has 0 saturated carbocycles. The highest BCUT2D eigenvalue weighted by molar-refractivity contribution is 6.06. The second kappa shape index (κ2) is 9.38. The zero-order valence-electron chi connectivity index (χ0n) is 16.6. The Morgan fingerprint density at radius 1 is 1.00 bits per heavy atom. The van der Waals surface area contributed by atoms with E-state index in [0.717, 1.165) is 0 Å². The molecule has 2 aromatic carbocycles. The molecular weight excluding hydrogens is 428 g/mol. The maximum absolute atomic E-state index is 13.6. The molecule has 0 bridgehead atoms. The summed E-state index contributed by atoms with van der Waals surface area (Å²) in [7, 11) is 0. The lowest BCUT2D eigenvalue weighted by atomic mass is 10.1. The molecule has 6 nitrogen and oxygen atoms in total. The number of nitrogens with one attached hydrogen (secondary N) is 2. The van der Waals surface area contributed by atoms with Gasteiger partial charge in [0, 0.05) is 41.0 Å². The molecule has 164 valence electrons. The summed E-state index contributed by atoms with van der Waals surface area (Å²) in [6, 6.07) is 6.13. The second-order valence-corrected chi connectivity index (χ2v) is 6.70. The van der Waals surface area contributed by atoms with Crippen molar-refractivity contribution < 1.29 is 27.2 Å². The Bertz CT molecular complexity index is 1180. The van der Waals surface area contributed by atoms with Crippen LogP contribution in [-0.2, 0) is 11.0 Å². The molecule has 10 heteroatoms. The van der Waals surface area contributed by atoms with Gasteiger partial charge < -0.3 is 10.6 Å². The third-order valence-electron chi connectivity index (χ3n) is 4.25. The Morgan fingerprint density at radius 3 is 2.41 bits per heavy atom. The van der Waals surface area contributed by atoms with Crippen molar-refractivity contribution in [3.63, 3.8) is 0 Å². The fourth-order valence-electron chi connectivity index (χ4n) is 2.67. The molecule has 0 spiro atoms. The molecule has 2 N–H and O–H groups in total. The number of carbonyl (C=O) groups is 2. The normalized spacial score (nSPS) is 11.4. The predicted octanol–water partition coefficient (Wildman–Crippen LogP) is 4.85. The van der Waals surface area contributed by atoms with Gasteiger partial charge in [-0.1, -0.05) is 6.07 Å². The van der Waals surface area contributed by atoms with Crippen LogP contribution in [0.3, 0.4) is 0 Å². The molecule has 0 fully saturated rings. The van der Waals surface area contributed by atoms with Gasteiger partial charge in [0.1, 0.15) is 12.1 Å². The molecule has 2 amide bonds. The van der Waals surface area contributed by atoms with Crippen molar-refractivity contribution in [3.8, 4) is 0 Å². The number of amides is 2. The molecule has 0 aliphatic heterocycles. The van der Waals surface area contributed by atoms with Crippen molar-refractivity contribution in [2.75, 3.05) is 10.6 Å². The number of alkyl halides is 3. The number of aromatic nitrogens is 2. The molecule has 3 rings (SSSR count). The molecule has 32 heavy (non-hydrogen) atoms. The lowest BCUT2D eigenvalue weighted by Crippen LogP contribution is -2.15. The Labute approximate surface area is 180 Å². The Balaban J connectivity index is 1.74. The lowest BCUT2D eigenvalue weighted by molar-refractivity contribution is -0.137. The average molecular weight is 444 g/mol. The Hall–Kier alpha value is -4.08. The Kier molecular flexibility index (Phi) is 6.62. The van der Waals surface area contributed by atoms with E-state index < -0.39 is 34.9 Å². The van der Waals surface area contributed by atoms with Crippen molar-refractivity contribution in [2.45, 2.75) is 13.1 Å². The van der Waals surface area contributed by atoms with Crippen LogP contribution in [0.5, 0.6) is 0 Å². The van der Waals surface area contributed by atoms with E-state index in [1.807, 2.05) is 0 Å². The van der Waals surface area contributed by atoms with E-state index in [4.69, 9.17) is 0 Å². The number of halogens is 4. The summed E-state index contributed by atoms with van der Waals surface area (Å²) in [4.78, 5) is 32.2. The number of hydrogen-bond donors (Lipinski definition) is 2. The minimum atomic E-state index is -4.79. The van der Waals surface area contributed by atoms with Crippen LogP contribution in [0.15, 0.2) is 61.2 Å². The smallest absolute Gasteiger partial charge is 0.322 e. The van der Waals surface area contributed by atoms with Gasteiger partial charge in [0.2, 0.25) is 5.91 Å². The molecule has 0 unspecified atom stereocenters. The standard InChI is InChI=1S/C22H16F4N4O2/c1-13-2-4-18(9-19(13)30-20(31)5-3-14-10-27-12-28-11-14)29-21(32)15-6-16(22(24,25)26)8-17(23)7-15/h2-12H,1H3,(H,29,32)(H,30,31). The minimum Gasteiger partial charge on any atom is -0.322 e. The van der Waals surface area contributed by atoms with E-state index >= 15 is 0 Å². The summed E-state index contributed by atoms with van der Waals surface area (Å²) in [5.74, 6) is -2.57. The van der Waals surface area contributed by atoms with Gasteiger partial charge in [-0.3, -0.25) is 9.59 Å². The van der Waals surface area contributed by atoms with Crippen molar-refractivity contribution in [3.05, 3.63) is 89.3 Å². The van der Waals surface area contributed by atoms with E-state index in [1.165, 1.54) is 43.0 Å². The molecule has 0 aliphatic rings. The molecule has 0 aliphatic carbocycles. The molecule has 0 atom stereocenters. The maximum Gasteiger partial charge on any atom is 0.416 e. The molecule has 3 aromatic rings. The van der Waals surface area contributed by atoms with Gasteiger partial charge in [-0.2, -0.15) is 13.2 Å². The van der Waals surface area contributed by atoms with Crippen LogP contribution < -0.4 is 10.6 Å². The zero-order chi connectivity index (χ0) is 23.3.